The van der Waals surface area contributed by atoms with E-state index in [1.165, 1.54) is 32.9 Å². The molecular weight excluding hydrogens is 548 g/mol. The summed E-state index contributed by atoms with van der Waals surface area (Å²) in [5.74, 6) is -4.46. The lowest BCUT2D eigenvalue weighted by atomic mass is 9.44. The van der Waals surface area contributed by atoms with Crippen LogP contribution in [0.5, 0.6) is 0 Å². The molecule has 1 aliphatic heterocycles. The monoisotopic (exact) mass is 586 g/mol. The summed E-state index contributed by atoms with van der Waals surface area (Å²) in [5.41, 5.74) is -6.20. The van der Waals surface area contributed by atoms with Crippen molar-refractivity contribution in [1.82, 2.24) is 0 Å². The van der Waals surface area contributed by atoms with Crippen LogP contribution in [0, 0.1) is 16.7 Å². The Balaban J connectivity index is 1.88. The predicted octanol–water partition coefficient (Wildman–Crippen LogP) is 1.65. The molecule has 0 amide bonds. The first kappa shape index (κ1) is 30.3. The second kappa shape index (κ2) is 9.97. The summed E-state index contributed by atoms with van der Waals surface area (Å²) in [7, 11) is 0. The number of ether oxygens (including phenoxy) is 4. The van der Waals surface area contributed by atoms with Crippen LogP contribution in [-0.2, 0) is 33.3 Å². The minimum Gasteiger partial charge on any atom is -0.454 e. The van der Waals surface area contributed by atoms with Gasteiger partial charge in [0.25, 0.3) is 0 Å². The number of hydrogen-bond acceptors (Lipinski definition) is 11. The highest BCUT2D eigenvalue weighted by Crippen LogP contribution is 2.64. The van der Waals surface area contributed by atoms with Crippen LogP contribution < -0.4 is 0 Å². The Kier molecular flexibility index (Phi) is 7.20. The van der Waals surface area contributed by atoms with Crippen LogP contribution in [0.25, 0.3) is 0 Å². The minimum absolute atomic E-state index is 0.105. The lowest BCUT2D eigenvalue weighted by molar-refractivity contribution is -0.346. The lowest BCUT2D eigenvalue weighted by Gasteiger charge is -2.67. The first-order valence-electron chi connectivity index (χ1n) is 14.1. The minimum atomic E-state index is -1.89. The molecule has 0 spiro atoms. The van der Waals surface area contributed by atoms with E-state index in [2.05, 4.69) is 0 Å². The van der Waals surface area contributed by atoms with Gasteiger partial charge >= 0.3 is 17.9 Å². The van der Waals surface area contributed by atoms with Crippen LogP contribution in [0.4, 0.5) is 0 Å². The van der Waals surface area contributed by atoms with Gasteiger partial charge in [-0.1, -0.05) is 32.0 Å². The lowest BCUT2D eigenvalue weighted by Crippen LogP contribution is -2.82. The van der Waals surface area contributed by atoms with Crippen LogP contribution >= 0.6 is 0 Å². The fraction of sp³-hybridized carbons (Fsp3) is 0.613. The zero-order chi connectivity index (χ0) is 31.0. The molecule has 3 aliphatic carbocycles. The van der Waals surface area contributed by atoms with Crippen molar-refractivity contribution in [3.05, 3.63) is 47.0 Å². The van der Waals surface area contributed by atoms with Crippen LogP contribution in [-0.4, -0.2) is 87.3 Å². The van der Waals surface area contributed by atoms with Crippen molar-refractivity contribution in [2.24, 2.45) is 16.7 Å². The Morgan fingerprint density at radius 2 is 1.60 bits per heavy atom. The van der Waals surface area contributed by atoms with E-state index in [0.29, 0.717) is 5.57 Å². The normalized spacial score (nSPS) is 40.4. The number of Topliss-reactive ketones (excluding diaryl/α,β-unsaturated/α-hetero) is 1. The van der Waals surface area contributed by atoms with Gasteiger partial charge in [0.1, 0.15) is 12.2 Å². The van der Waals surface area contributed by atoms with Gasteiger partial charge in [0.05, 0.1) is 35.7 Å². The number of rotatable bonds is 4. The highest BCUT2D eigenvalue weighted by atomic mass is 16.6. The zero-order valence-electron chi connectivity index (χ0n) is 24.6. The molecule has 1 heterocycles. The van der Waals surface area contributed by atoms with Gasteiger partial charge in [0.2, 0.25) is 0 Å². The highest BCUT2D eigenvalue weighted by Gasteiger charge is 2.78. The van der Waals surface area contributed by atoms with E-state index < -0.39 is 82.2 Å². The van der Waals surface area contributed by atoms with Gasteiger partial charge < -0.3 is 34.3 Å². The van der Waals surface area contributed by atoms with Gasteiger partial charge in [-0.2, -0.15) is 0 Å². The van der Waals surface area contributed by atoms with Gasteiger partial charge in [-0.15, -0.1) is 0 Å². The molecule has 4 aliphatic rings. The van der Waals surface area contributed by atoms with Gasteiger partial charge in [-0.25, -0.2) is 4.79 Å². The highest BCUT2D eigenvalue weighted by molar-refractivity contribution is 5.94. The quantitative estimate of drug-likeness (QED) is 0.267. The third-order valence-corrected chi connectivity index (χ3v) is 10.2. The SMILES string of the molecule is CC(=O)O[C@@]12CO[C@@H]1C[C@H](O)[C@@]1(C)C(=O)[C@H](O)C3=C(C)[C@@H](O)C[C@@](OC(C)=O)([C@@H](OC(=O)c4ccccc4)[C@@H]21)C3(C)C. The molecule has 0 unspecified atom stereocenters. The molecule has 0 radical (unpaired) electrons. The molecule has 0 aromatic heterocycles. The first-order valence-corrected chi connectivity index (χ1v) is 14.1. The standard InChI is InChI=1S/C31H38O11/c1-15-19(34)13-31(42-17(3)33)26(40-27(38)18-10-8-7-9-11-18)24-29(6,25(37)23(36)22(15)28(31,4)5)20(35)12-21-30(24,14-39-21)41-16(2)32/h7-11,19-21,23-24,26,34-36H,12-14H2,1-6H3/t19-,20-,21+,23+,24+,26-,29+,30-,31+/m0/s1. The van der Waals surface area contributed by atoms with Crippen LogP contribution in [0.3, 0.4) is 0 Å². The third kappa shape index (κ3) is 4.00. The number of aliphatic hydroxyl groups is 3. The summed E-state index contributed by atoms with van der Waals surface area (Å²) < 4.78 is 24.2. The van der Waals surface area contributed by atoms with Crippen LogP contribution in [0.2, 0.25) is 0 Å². The summed E-state index contributed by atoms with van der Waals surface area (Å²) in [6.07, 6.45) is -7.40. The van der Waals surface area contributed by atoms with E-state index in [0.717, 1.165) is 0 Å². The maximum absolute atomic E-state index is 14.5. The zero-order valence-corrected chi connectivity index (χ0v) is 24.6. The molecule has 1 saturated heterocycles. The van der Waals surface area contributed by atoms with E-state index >= 15 is 0 Å². The van der Waals surface area contributed by atoms with Crippen LogP contribution in [0.1, 0.15) is 64.7 Å². The van der Waals surface area contributed by atoms with Crippen molar-refractivity contribution in [3.8, 4) is 0 Å². The Hall–Kier alpha value is -3.12. The summed E-state index contributed by atoms with van der Waals surface area (Å²) in [5, 5.41) is 34.7. The number of benzene rings is 1. The molecule has 228 valence electrons. The molecule has 2 saturated carbocycles. The Morgan fingerprint density at radius 1 is 0.976 bits per heavy atom. The van der Waals surface area contributed by atoms with E-state index in [9.17, 15) is 34.5 Å². The molecule has 1 aromatic rings. The number of aliphatic hydroxyl groups excluding tert-OH is 3. The maximum atomic E-state index is 14.5. The summed E-state index contributed by atoms with van der Waals surface area (Å²) in [4.78, 5) is 53.8. The average molecular weight is 587 g/mol. The summed E-state index contributed by atoms with van der Waals surface area (Å²) in [6.45, 7) is 8.48. The molecule has 11 nitrogen and oxygen atoms in total. The number of carbonyl (C=O) groups is 4. The largest absolute Gasteiger partial charge is 0.454 e. The first-order chi connectivity index (χ1) is 19.5. The van der Waals surface area contributed by atoms with Crippen molar-refractivity contribution >= 4 is 23.7 Å². The van der Waals surface area contributed by atoms with E-state index in [4.69, 9.17) is 18.9 Å². The number of fused-ring (bicyclic) bond motifs is 5. The molecule has 2 bridgehead atoms. The van der Waals surface area contributed by atoms with E-state index in [-0.39, 0.29) is 30.6 Å². The van der Waals surface area contributed by atoms with Crippen molar-refractivity contribution in [2.45, 2.75) is 96.1 Å². The molecule has 9 atom stereocenters. The number of hydrogen-bond donors (Lipinski definition) is 3. The number of carbonyl (C=O) groups excluding carboxylic acids is 4. The van der Waals surface area contributed by atoms with Crippen molar-refractivity contribution in [3.63, 3.8) is 0 Å². The topological polar surface area (TPSA) is 166 Å². The van der Waals surface area contributed by atoms with Crippen molar-refractivity contribution in [1.29, 1.82) is 0 Å². The Bertz CT molecular complexity index is 1350. The van der Waals surface area contributed by atoms with Gasteiger partial charge in [0, 0.05) is 32.1 Å². The molecule has 5 rings (SSSR count). The summed E-state index contributed by atoms with van der Waals surface area (Å²) in [6, 6.07) is 8.05. The van der Waals surface area contributed by atoms with Crippen molar-refractivity contribution in [2.75, 3.05) is 6.61 Å². The fourth-order valence-electron chi connectivity index (χ4n) is 8.12. The van der Waals surface area contributed by atoms with E-state index in [1.807, 2.05) is 0 Å². The fourth-order valence-corrected chi connectivity index (χ4v) is 8.12. The van der Waals surface area contributed by atoms with E-state index in [1.54, 1.807) is 39.0 Å². The maximum Gasteiger partial charge on any atom is 0.338 e. The predicted molar refractivity (Wildman–Crippen MR) is 145 cm³/mol. The molecule has 3 N–H and O–H groups in total. The average Bonchev–Trinajstić information content (AvgIpc) is 2.90. The van der Waals surface area contributed by atoms with Gasteiger partial charge in [-0.3, -0.25) is 14.4 Å². The van der Waals surface area contributed by atoms with Crippen molar-refractivity contribution < 1.29 is 53.4 Å². The number of ketones is 1. The smallest absolute Gasteiger partial charge is 0.338 e. The second-order valence-corrected chi connectivity index (χ2v) is 12.7. The van der Waals surface area contributed by atoms with Gasteiger partial charge in [0.15, 0.2) is 23.1 Å². The Morgan fingerprint density at radius 3 is 2.14 bits per heavy atom. The molecule has 11 heteroatoms. The Labute approximate surface area is 243 Å². The molecule has 42 heavy (non-hydrogen) atoms. The number of esters is 3. The van der Waals surface area contributed by atoms with Gasteiger partial charge in [-0.05, 0) is 37.1 Å². The second-order valence-electron chi connectivity index (χ2n) is 12.7. The molecule has 3 fully saturated rings. The third-order valence-electron chi connectivity index (χ3n) is 10.2. The molecule has 1 aromatic carbocycles. The summed E-state index contributed by atoms with van der Waals surface area (Å²) >= 11 is 0. The van der Waals surface area contributed by atoms with Crippen LogP contribution in [0.15, 0.2) is 41.5 Å². The molecular formula is C31H38O11.